The van der Waals surface area contributed by atoms with Gasteiger partial charge >= 0.3 is 0 Å². The summed E-state index contributed by atoms with van der Waals surface area (Å²) >= 11 is 5.87. The minimum absolute atomic E-state index is 0.0209. The fraction of sp³-hybridized carbons (Fsp3) is 0.462. The van der Waals surface area contributed by atoms with Crippen LogP contribution in [0.2, 0.25) is 5.02 Å². The molecule has 1 aromatic carbocycles. The van der Waals surface area contributed by atoms with Gasteiger partial charge in [-0.1, -0.05) is 24.6 Å². The molecule has 0 aromatic heterocycles. The van der Waals surface area contributed by atoms with Crippen molar-refractivity contribution in [1.82, 2.24) is 5.32 Å². The summed E-state index contributed by atoms with van der Waals surface area (Å²) in [6.45, 7) is 5.55. The van der Waals surface area contributed by atoms with Gasteiger partial charge in [-0.2, -0.15) is 0 Å². The Morgan fingerprint density at radius 2 is 2.00 bits per heavy atom. The van der Waals surface area contributed by atoms with Crippen molar-refractivity contribution < 1.29 is 13.2 Å². The summed E-state index contributed by atoms with van der Waals surface area (Å²) in [7, 11) is -3.87. The number of hydrogen-bond donors (Lipinski definition) is 2. The SMILES string of the molecule is CCC(C)(C)NC(=O)CS(=O)(=O)c1c(N)cccc1Cl. The topological polar surface area (TPSA) is 89.3 Å². The van der Waals surface area contributed by atoms with E-state index in [1.165, 1.54) is 12.1 Å². The van der Waals surface area contributed by atoms with Crippen LogP contribution >= 0.6 is 11.6 Å². The molecule has 0 spiro atoms. The van der Waals surface area contributed by atoms with Crippen LogP contribution in [0.5, 0.6) is 0 Å². The summed E-state index contributed by atoms with van der Waals surface area (Å²) in [6, 6.07) is 4.42. The third-order valence-electron chi connectivity index (χ3n) is 2.99. The number of sulfone groups is 1. The van der Waals surface area contributed by atoms with Gasteiger partial charge in [0, 0.05) is 5.54 Å². The van der Waals surface area contributed by atoms with Crippen molar-refractivity contribution >= 4 is 33.0 Å². The average Bonchev–Trinajstić information content (AvgIpc) is 2.26. The highest BCUT2D eigenvalue weighted by molar-refractivity contribution is 7.92. The molecule has 0 fully saturated rings. The molecule has 1 amide bonds. The first-order valence-corrected chi connectivity index (χ1v) is 8.20. The smallest absolute Gasteiger partial charge is 0.235 e. The molecule has 0 unspecified atom stereocenters. The van der Waals surface area contributed by atoms with Crippen LogP contribution in [0.1, 0.15) is 27.2 Å². The fourth-order valence-electron chi connectivity index (χ4n) is 1.60. The maximum atomic E-state index is 12.2. The summed E-state index contributed by atoms with van der Waals surface area (Å²) in [4.78, 5) is 11.7. The van der Waals surface area contributed by atoms with Gasteiger partial charge < -0.3 is 11.1 Å². The van der Waals surface area contributed by atoms with Gasteiger partial charge in [0.05, 0.1) is 10.7 Å². The summed E-state index contributed by atoms with van der Waals surface area (Å²) in [5, 5.41) is 2.69. The highest BCUT2D eigenvalue weighted by Crippen LogP contribution is 2.28. The van der Waals surface area contributed by atoms with E-state index >= 15 is 0 Å². The summed E-state index contributed by atoms with van der Waals surface area (Å²) in [5.74, 6) is -1.25. The van der Waals surface area contributed by atoms with E-state index in [9.17, 15) is 13.2 Å². The van der Waals surface area contributed by atoms with Crippen LogP contribution in [0.4, 0.5) is 5.69 Å². The lowest BCUT2D eigenvalue weighted by Gasteiger charge is -2.24. The predicted octanol–water partition coefficient (Wildman–Crippen LogP) is 2.00. The number of amides is 1. The minimum atomic E-state index is -3.87. The molecule has 0 aliphatic heterocycles. The maximum absolute atomic E-state index is 12.2. The molecule has 0 bridgehead atoms. The Hall–Kier alpha value is -1.27. The van der Waals surface area contributed by atoms with E-state index in [4.69, 9.17) is 17.3 Å². The van der Waals surface area contributed by atoms with Crippen LogP contribution in [0.25, 0.3) is 0 Å². The molecule has 1 rings (SSSR count). The van der Waals surface area contributed by atoms with E-state index in [1.807, 2.05) is 20.8 Å². The van der Waals surface area contributed by atoms with Gasteiger partial charge in [0.1, 0.15) is 10.6 Å². The number of halogens is 1. The number of carbonyl (C=O) groups is 1. The highest BCUT2D eigenvalue weighted by atomic mass is 35.5. The Bertz CT molecular complexity index is 592. The zero-order valence-electron chi connectivity index (χ0n) is 11.7. The van der Waals surface area contributed by atoms with Crippen molar-refractivity contribution in [3.63, 3.8) is 0 Å². The van der Waals surface area contributed by atoms with Gasteiger partial charge in [-0.3, -0.25) is 4.79 Å². The largest absolute Gasteiger partial charge is 0.398 e. The molecule has 5 nitrogen and oxygen atoms in total. The molecule has 0 saturated heterocycles. The van der Waals surface area contributed by atoms with Crippen LogP contribution in [-0.4, -0.2) is 25.6 Å². The molecule has 0 saturated carbocycles. The summed E-state index contributed by atoms with van der Waals surface area (Å²) < 4.78 is 24.5. The van der Waals surface area contributed by atoms with Gasteiger partial charge in [0.2, 0.25) is 5.91 Å². The molecule has 0 aliphatic rings. The zero-order valence-corrected chi connectivity index (χ0v) is 13.3. The average molecular weight is 319 g/mol. The summed E-state index contributed by atoms with van der Waals surface area (Å²) in [5.41, 5.74) is 5.22. The molecule has 0 atom stereocenters. The van der Waals surface area contributed by atoms with Crippen LogP contribution in [0, 0.1) is 0 Å². The normalized spacial score (nSPS) is 12.2. The Morgan fingerprint density at radius 1 is 1.40 bits per heavy atom. The van der Waals surface area contributed by atoms with Crippen molar-refractivity contribution in [3.05, 3.63) is 23.2 Å². The molecule has 0 aliphatic carbocycles. The monoisotopic (exact) mass is 318 g/mol. The van der Waals surface area contributed by atoms with Crippen LogP contribution in [0.3, 0.4) is 0 Å². The first-order valence-electron chi connectivity index (χ1n) is 6.17. The van der Waals surface area contributed by atoms with Gasteiger partial charge in [0.15, 0.2) is 9.84 Å². The standard InChI is InChI=1S/C13H19ClN2O3S/c1-4-13(2,3)16-11(17)8-20(18,19)12-9(14)6-5-7-10(12)15/h5-7H,4,8,15H2,1-3H3,(H,16,17). The number of anilines is 1. The van der Waals surface area contributed by atoms with E-state index in [-0.39, 0.29) is 15.6 Å². The van der Waals surface area contributed by atoms with Crippen molar-refractivity contribution in [3.8, 4) is 0 Å². The molecule has 0 radical (unpaired) electrons. The van der Waals surface area contributed by atoms with Crippen LogP contribution in [0.15, 0.2) is 23.1 Å². The Morgan fingerprint density at radius 3 is 2.50 bits per heavy atom. The number of rotatable bonds is 5. The third kappa shape index (κ3) is 4.11. The molecule has 1 aromatic rings. The third-order valence-corrected chi connectivity index (χ3v) is 5.14. The molecular formula is C13H19ClN2O3S. The lowest BCUT2D eigenvalue weighted by Crippen LogP contribution is -2.45. The minimum Gasteiger partial charge on any atom is -0.398 e. The first kappa shape index (κ1) is 16.8. The van der Waals surface area contributed by atoms with E-state index in [1.54, 1.807) is 6.07 Å². The number of benzene rings is 1. The number of carbonyl (C=O) groups excluding carboxylic acids is 1. The lowest BCUT2D eigenvalue weighted by molar-refractivity contribution is -0.120. The van der Waals surface area contributed by atoms with Crippen molar-refractivity contribution in [2.24, 2.45) is 0 Å². The zero-order chi connectivity index (χ0) is 15.6. The van der Waals surface area contributed by atoms with Gasteiger partial charge in [-0.05, 0) is 32.4 Å². The molecule has 20 heavy (non-hydrogen) atoms. The van der Waals surface area contributed by atoms with Gasteiger partial charge in [-0.25, -0.2) is 8.42 Å². The molecule has 112 valence electrons. The van der Waals surface area contributed by atoms with E-state index in [2.05, 4.69) is 5.32 Å². The Kier molecular flexibility index (Phi) is 5.05. The highest BCUT2D eigenvalue weighted by Gasteiger charge is 2.27. The van der Waals surface area contributed by atoms with E-state index in [0.29, 0.717) is 6.42 Å². The Balaban J connectivity index is 3.00. The number of hydrogen-bond acceptors (Lipinski definition) is 4. The second-order valence-corrected chi connectivity index (χ2v) is 7.54. The molecular weight excluding hydrogens is 300 g/mol. The van der Waals surface area contributed by atoms with Crippen LogP contribution in [-0.2, 0) is 14.6 Å². The quantitative estimate of drug-likeness (QED) is 0.813. The van der Waals surface area contributed by atoms with Crippen molar-refractivity contribution in [2.45, 2.75) is 37.6 Å². The fourth-order valence-corrected chi connectivity index (χ4v) is 3.49. The summed E-state index contributed by atoms with van der Waals surface area (Å²) in [6.07, 6.45) is 0.688. The first-order chi connectivity index (χ1) is 9.09. The maximum Gasteiger partial charge on any atom is 0.235 e. The van der Waals surface area contributed by atoms with Gasteiger partial charge in [-0.15, -0.1) is 0 Å². The van der Waals surface area contributed by atoms with Crippen molar-refractivity contribution in [2.75, 3.05) is 11.5 Å². The van der Waals surface area contributed by atoms with Crippen molar-refractivity contribution in [1.29, 1.82) is 0 Å². The lowest BCUT2D eigenvalue weighted by atomic mass is 10.0. The molecule has 0 heterocycles. The predicted molar refractivity (Wildman–Crippen MR) is 80.4 cm³/mol. The number of nitrogen functional groups attached to an aromatic ring is 1. The molecule has 3 N–H and O–H groups in total. The number of nitrogens with two attached hydrogens (primary N) is 1. The van der Waals surface area contributed by atoms with E-state index < -0.39 is 27.0 Å². The second-order valence-electron chi connectivity index (χ2n) is 5.20. The number of nitrogens with one attached hydrogen (secondary N) is 1. The van der Waals surface area contributed by atoms with E-state index in [0.717, 1.165) is 0 Å². The Labute approximate surface area is 124 Å². The molecule has 7 heteroatoms. The van der Waals surface area contributed by atoms with Gasteiger partial charge in [0.25, 0.3) is 0 Å². The van der Waals surface area contributed by atoms with Crippen LogP contribution < -0.4 is 11.1 Å². The second kappa shape index (κ2) is 6.01.